The van der Waals surface area contributed by atoms with Gasteiger partial charge in [0.25, 0.3) is 0 Å². The Labute approximate surface area is 187 Å². The molecule has 0 saturated heterocycles. The molecule has 0 aliphatic heterocycles. The molecule has 0 aliphatic rings. The van der Waals surface area contributed by atoms with Gasteiger partial charge in [0.1, 0.15) is 12.4 Å². The Balaban J connectivity index is 1.85. The van der Waals surface area contributed by atoms with Gasteiger partial charge in [-0.2, -0.15) is 0 Å². The van der Waals surface area contributed by atoms with E-state index in [1.807, 2.05) is 31.3 Å². The third kappa shape index (κ3) is 9.21. The molecule has 2 rings (SSSR count). The second kappa shape index (κ2) is 14.4. The summed E-state index contributed by atoms with van der Waals surface area (Å²) in [6.45, 7) is 4.05. The molecule has 10 heteroatoms. The zero-order chi connectivity index (χ0) is 23.2. The topological polar surface area (TPSA) is 125 Å². The Morgan fingerprint density at radius 1 is 1.09 bits per heavy atom. The van der Waals surface area contributed by atoms with Gasteiger partial charge in [-0.3, -0.25) is 10.2 Å². The lowest BCUT2D eigenvalue weighted by Gasteiger charge is -2.07. The number of nitrogens with zero attached hydrogens (tertiary/aromatic N) is 3. The molecule has 32 heavy (non-hydrogen) atoms. The van der Waals surface area contributed by atoms with Gasteiger partial charge in [-0.15, -0.1) is 5.10 Å². The number of Topliss-reactive ketones (excluding diaryl/α,β-unsaturated/α-hetero) is 1. The number of carbonyl (C=O) groups excluding carboxylic acids is 1. The molecule has 2 aromatic rings. The van der Waals surface area contributed by atoms with Crippen LogP contribution in [0.4, 0.5) is 4.39 Å². The van der Waals surface area contributed by atoms with Crippen molar-refractivity contribution in [3.63, 3.8) is 0 Å². The smallest absolute Gasteiger partial charge is 0.162 e. The Kier molecular flexibility index (Phi) is 11.5. The predicted octanol–water partition coefficient (Wildman–Crippen LogP) is 2.43. The fourth-order valence-corrected chi connectivity index (χ4v) is 2.92. The number of ether oxygens (including phenoxy) is 3. The highest BCUT2D eigenvalue weighted by Gasteiger charge is 2.11. The van der Waals surface area contributed by atoms with Crippen LogP contribution in [0.5, 0.6) is 0 Å². The van der Waals surface area contributed by atoms with Crippen LogP contribution in [0.3, 0.4) is 0 Å². The molecule has 9 nitrogen and oxygen atoms in total. The van der Waals surface area contributed by atoms with Crippen LogP contribution in [0.1, 0.15) is 35.7 Å². The molecule has 0 unspecified atom stereocenters. The molecule has 0 aliphatic carbocycles. The van der Waals surface area contributed by atoms with Crippen molar-refractivity contribution in [2.45, 2.75) is 32.7 Å². The van der Waals surface area contributed by atoms with Crippen LogP contribution in [0.2, 0.25) is 0 Å². The lowest BCUT2D eigenvalue weighted by atomic mass is 9.98. The van der Waals surface area contributed by atoms with Crippen LogP contribution < -0.4 is 5.73 Å². The maximum atomic E-state index is 12.3. The van der Waals surface area contributed by atoms with E-state index in [1.165, 1.54) is 0 Å². The van der Waals surface area contributed by atoms with Gasteiger partial charge in [-0.1, -0.05) is 12.1 Å². The van der Waals surface area contributed by atoms with E-state index in [4.69, 9.17) is 25.4 Å². The summed E-state index contributed by atoms with van der Waals surface area (Å²) in [4.78, 5) is 12.3. The zero-order valence-corrected chi connectivity index (χ0v) is 18.5. The number of carbonyl (C=O) groups is 1. The number of halogens is 1. The van der Waals surface area contributed by atoms with Crippen LogP contribution >= 0.6 is 0 Å². The van der Waals surface area contributed by atoms with Crippen LogP contribution in [0.15, 0.2) is 24.4 Å². The second-order valence-electron chi connectivity index (χ2n) is 7.11. The zero-order valence-electron chi connectivity index (χ0n) is 18.5. The minimum atomic E-state index is -0.490. The number of nitrogens with two attached hydrogens (primary N) is 1. The third-order valence-electron chi connectivity index (χ3n) is 4.58. The van der Waals surface area contributed by atoms with Crippen molar-refractivity contribution in [2.75, 3.05) is 46.3 Å². The monoisotopic (exact) mass is 448 g/mol. The summed E-state index contributed by atoms with van der Waals surface area (Å²) in [6, 6.07) is 5.63. The molecule has 0 spiro atoms. The van der Waals surface area contributed by atoms with Gasteiger partial charge in [0, 0.05) is 24.0 Å². The Morgan fingerprint density at radius 3 is 2.44 bits per heavy atom. The minimum absolute atomic E-state index is 0.0490. The number of hydrogen-bond acceptors (Lipinski definition) is 7. The number of aromatic nitrogens is 3. The first-order valence-electron chi connectivity index (χ1n) is 10.7. The number of alkyl halides is 1. The maximum absolute atomic E-state index is 12.3. The summed E-state index contributed by atoms with van der Waals surface area (Å²) in [5.74, 6) is 0.160. The Bertz CT molecular complexity index is 859. The van der Waals surface area contributed by atoms with Crippen LogP contribution in [0.25, 0.3) is 11.3 Å². The molecule has 1 aromatic carbocycles. The quantitative estimate of drug-likeness (QED) is 0.165. The summed E-state index contributed by atoms with van der Waals surface area (Å²) >= 11 is 0. The van der Waals surface area contributed by atoms with Gasteiger partial charge >= 0.3 is 0 Å². The molecule has 0 bridgehead atoms. The molecule has 0 saturated carbocycles. The number of ketones is 1. The summed E-state index contributed by atoms with van der Waals surface area (Å²) < 4.78 is 29.4. The van der Waals surface area contributed by atoms with Gasteiger partial charge in [-0.25, -0.2) is 9.07 Å². The van der Waals surface area contributed by atoms with Crippen molar-refractivity contribution >= 4 is 11.6 Å². The average Bonchev–Trinajstić information content (AvgIpc) is 3.27. The van der Waals surface area contributed by atoms with E-state index < -0.39 is 6.67 Å². The van der Waals surface area contributed by atoms with E-state index >= 15 is 0 Å². The van der Waals surface area contributed by atoms with Gasteiger partial charge < -0.3 is 19.9 Å². The number of amidine groups is 1. The van der Waals surface area contributed by atoms with E-state index in [0.717, 1.165) is 11.1 Å². The lowest BCUT2D eigenvalue weighted by Crippen LogP contribution is -2.12. The lowest BCUT2D eigenvalue weighted by molar-refractivity contribution is 0.0106. The van der Waals surface area contributed by atoms with Gasteiger partial charge in [0.15, 0.2) is 5.78 Å². The summed E-state index contributed by atoms with van der Waals surface area (Å²) in [5, 5.41) is 15.8. The van der Waals surface area contributed by atoms with Crippen LogP contribution in [0, 0.1) is 5.41 Å². The minimum Gasteiger partial charge on any atom is -0.388 e. The summed E-state index contributed by atoms with van der Waals surface area (Å²) in [6.07, 6.45) is 3.24. The first kappa shape index (κ1) is 25.6. The highest BCUT2D eigenvalue weighted by atomic mass is 18.2. The van der Waals surface area contributed by atoms with Crippen molar-refractivity contribution in [3.8, 4) is 11.3 Å². The SMILES string of the molecule is CCC(=O)c1cc(CCC(=N)N)cc(-c2cn(CCOCCOCCOCC[18F])nn2)c1. The van der Waals surface area contributed by atoms with E-state index in [0.29, 0.717) is 70.1 Å². The normalized spacial score (nSPS) is 11.1. The highest BCUT2D eigenvalue weighted by Crippen LogP contribution is 2.22. The molecule has 3 N–H and O–H groups in total. The average molecular weight is 449 g/mol. The maximum Gasteiger partial charge on any atom is 0.162 e. The summed E-state index contributed by atoms with van der Waals surface area (Å²) in [7, 11) is 0. The number of hydrogen-bond donors (Lipinski definition) is 2. The molecule has 0 amide bonds. The Hall–Kier alpha value is -2.69. The van der Waals surface area contributed by atoms with Crippen molar-refractivity contribution in [1.29, 1.82) is 5.41 Å². The van der Waals surface area contributed by atoms with Crippen molar-refractivity contribution in [2.24, 2.45) is 5.73 Å². The number of aryl methyl sites for hydroxylation is 1. The van der Waals surface area contributed by atoms with Gasteiger partial charge in [-0.05, 0) is 30.2 Å². The first-order chi connectivity index (χ1) is 15.5. The molecule has 0 radical (unpaired) electrons. The number of benzene rings is 1. The Morgan fingerprint density at radius 2 is 1.78 bits per heavy atom. The van der Waals surface area contributed by atoms with Crippen molar-refractivity contribution in [3.05, 3.63) is 35.5 Å². The molecule has 1 aromatic heterocycles. The number of nitrogens with one attached hydrogen (secondary N) is 1. The predicted molar refractivity (Wildman–Crippen MR) is 119 cm³/mol. The van der Waals surface area contributed by atoms with E-state index in [-0.39, 0.29) is 18.2 Å². The second-order valence-corrected chi connectivity index (χ2v) is 7.11. The fraction of sp³-hybridized carbons (Fsp3) is 0.545. The standard InChI is InChI=1S/C22H32FN5O4/c1-2-21(29)19-14-17(3-4-22(24)25)13-18(15-19)20-16-28(27-26-20)6-8-31-10-12-32-11-9-30-7-5-23/h13-16H,2-12H2,1H3,(H3,24,25)/i23-1. The molecule has 0 fully saturated rings. The summed E-state index contributed by atoms with van der Waals surface area (Å²) in [5.41, 5.74) is 8.50. The van der Waals surface area contributed by atoms with Gasteiger partial charge in [0.05, 0.1) is 58.2 Å². The van der Waals surface area contributed by atoms with Gasteiger partial charge in [0.2, 0.25) is 0 Å². The van der Waals surface area contributed by atoms with Crippen LogP contribution in [-0.2, 0) is 27.2 Å². The van der Waals surface area contributed by atoms with E-state index in [1.54, 1.807) is 4.68 Å². The van der Waals surface area contributed by atoms with E-state index in [2.05, 4.69) is 10.3 Å². The van der Waals surface area contributed by atoms with Crippen molar-refractivity contribution in [1.82, 2.24) is 15.0 Å². The molecule has 0 atom stereocenters. The highest BCUT2D eigenvalue weighted by molar-refractivity contribution is 5.97. The van der Waals surface area contributed by atoms with E-state index in [9.17, 15) is 9.18 Å². The molecule has 176 valence electrons. The van der Waals surface area contributed by atoms with Crippen LogP contribution in [-0.4, -0.2) is 72.9 Å². The first-order valence-corrected chi connectivity index (χ1v) is 10.7. The third-order valence-corrected chi connectivity index (χ3v) is 4.58. The fourth-order valence-electron chi connectivity index (χ4n) is 2.92. The molecular weight excluding hydrogens is 416 g/mol. The molecular formula is C22H32FN5O4. The van der Waals surface area contributed by atoms with Crippen molar-refractivity contribution < 1.29 is 23.4 Å². The number of rotatable bonds is 17. The molecule has 1 heterocycles. The largest absolute Gasteiger partial charge is 0.388 e.